The van der Waals surface area contributed by atoms with Crippen LogP contribution in [-0.2, 0) is 6.42 Å². The van der Waals surface area contributed by atoms with Gasteiger partial charge in [0.25, 0.3) is 0 Å². The number of benzene rings is 1. The molecule has 1 aromatic rings. The predicted octanol–water partition coefficient (Wildman–Crippen LogP) is 2.65. The zero-order valence-corrected chi connectivity index (χ0v) is 10.7. The third-order valence-corrected chi connectivity index (χ3v) is 3.01. The third-order valence-electron chi connectivity index (χ3n) is 2.64. The van der Waals surface area contributed by atoms with Crippen molar-refractivity contribution in [1.29, 1.82) is 0 Å². The van der Waals surface area contributed by atoms with Crippen molar-refractivity contribution in [3.05, 3.63) is 34.9 Å². The van der Waals surface area contributed by atoms with Crippen LogP contribution >= 0.6 is 11.6 Å². The summed E-state index contributed by atoms with van der Waals surface area (Å²) in [6, 6.07) is 7.36. The Hall–Kier alpha value is -0.570. The van der Waals surface area contributed by atoms with E-state index in [4.69, 9.17) is 11.6 Å². The number of aliphatic hydroxyl groups is 2. The lowest BCUT2D eigenvalue weighted by Crippen LogP contribution is -2.38. The molecule has 0 amide bonds. The highest BCUT2D eigenvalue weighted by atomic mass is 35.5. The molecule has 0 spiro atoms. The minimum absolute atomic E-state index is 0.333. The maximum absolute atomic E-state index is 9.92. The van der Waals surface area contributed by atoms with Crippen LogP contribution < -0.4 is 0 Å². The van der Waals surface area contributed by atoms with Gasteiger partial charge in [-0.3, -0.25) is 0 Å². The molecule has 3 heteroatoms. The van der Waals surface area contributed by atoms with Gasteiger partial charge in [0, 0.05) is 11.4 Å². The van der Waals surface area contributed by atoms with Crippen LogP contribution in [0.2, 0.25) is 5.02 Å². The summed E-state index contributed by atoms with van der Waals surface area (Å²) in [6.07, 6.45) is -1.18. The Bertz CT molecular complexity index is 344. The Labute approximate surface area is 102 Å². The van der Waals surface area contributed by atoms with Crippen molar-refractivity contribution in [1.82, 2.24) is 0 Å². The van der Waals surface area contributed by atoms with E-state index in [0.29, 0.717) is 11.4 Å². The summed E-state index contributed by atoms with van der Waals surface area (Å²) in [5.74, 6) is 0. The van der Waals surface area contributed by atoms with Crippen molar-refractivity contribution in [3.63, 3.8) is 0 Å². The molecule has 0 aliphatic heterocycles. The van der Waals surface area contributed by atoms with Crippen LogP contribution in [0, 0.1) is 5.41 Å². The molecule has 2 atom stereocenters. The normalized spacial score (nSPS) is 15.9. The highest BCUT2D eigenvalue weighted by Gasteiger charge is 2.29. The standard InChI is InChI=1S/C13H19ClO2/c1-13(2,3)12(16)11(15)8-9-6-4-5-7-10(9)14/h4-7,11-12,15-16H,8H2,1-3H3. The van der Waals surface area contributed by atoms with E-state index >= 15 is 0 Å². The number of halogens is 1. The van der Waals surface area contributed by atoms with E-state index in [1.165, 1.54) is 0 Å². The van der Waals surface area contributed by atoms with Gasteiger partial charge in [0.05, 0.1) is 12.2 Å². The van der Waals surface area contributed by atoms with Crippen LogP contribution in [0.15, 0.2) is 24.3 Å². The first-order valence-electron chi connectivity index (χ1n) is 5.42. The molecule has 2 nitrogen and oxygen atoms in total. The van der Waals surface area contributed by atoms with Crippen LogP contribution in [0.3, 0.4) is 0 Å². The van der Waals surface area contributed by atoms with Gasteiger partial charge >= 0.3 is 0 Å². The highest BCUT2D eigenvalue weighted by Crippen LogP contribution is 2.25. The van der Waals surface area contributed by atoms with Crippen molar-refractivity contribution in [2.75, 3.05) is 0 Å². The minimum atomic E-state index is -0.792. The average molecular weight is 243 g/mol. The second kappa shape index (κ2) is 5.17. The lowest BCUT2D eigenvalue weighted by molar-refractivity contribution is -0.0433. The van der Waals surface area contributed by atoms with E-state index < -0.39 is 12.2 Å². The molecule has 0 saturated carbocycles. The van der Waals surface area contributed by atoms with Crippen LogP contribution in [0.1, 0.15) is 26.3 Å². The third kappa shape index (κ3) is 3.48. The zero-order chi connectivity index (χ0) is 12.3. The Morgan fingerprint density at radius 2 is 1.75 bits per heavy atom. The Morgan fingerprint density at radius 1 is 1.19 bits per heavy atom. The van der Waals surface area contributed by atoms with Crippen LogP contribution in [0.4, 0.5) is 0 Å². The van der Waals surface area contributed by atoms with Crippen molar-refractivity contribution in [2.45, 2.75) is 39.4 Å². The number of hydrogen-bond acceptors (Lipinski definition) is 2. The molecule has 0 fully saturated rings. The fraction of sp³-hybridized carbons (Fsp3) is 0.538. The topological polar surface area (TPSA) is 40.5 Å². The van der Waals surface area contributed by atoms with Gasteiger partial charge in [0.15, 0.2) is 0 Å². The maximum atomic E-state index is 9.92. The second-order valence-electron chi connectivity index (χ2n) is 5.17. The van der Waals surface area contributed by atoms with E-state index in [9.17, 15) is 10.2 Å². The fourth-order valence-electron chi connectivity index (χ4n) is 1.58. The van der Waals surface area contributed by atoms with Gasteiger partial charge in [-0.05, 0) is 17.0 Å². The van der Waals surface area contributed by atoms with E-state index in [1.807, 2.05) is 39.0 Å². The molecule has 90 valence electrons. The van der Waals surface area contributed by atoms with Crippen molar-refractivity contribution < 1.29 is 10.2 Å². The van der Waals surface area contributed by atoms with Gasteiger partial charge in [-0.1, -0.05) is 50.6 Å². The quantitative estimate of drug-likeness (QED) is 0.856. The molecule has 0 bridgehead atoms. The van der Waals surface area contributed by atoms with Gasteiger partial charge in [-0.25, -0.2) is 0 Å². The highest BCUT2D eigenvalue weighted by molar-refractivity contribution is 6.31. The van der Waals surface area contributed by atoms with E-state index in [2.05, 4.69) is 0 Å². The first-order chi connectivity index (χ1) is 7.32. The maximum Gasteiger partial charge on any atom is 0.0850 e. The van der Waals surface area contributed by atoms with E-state index in [1.54, 1.807) is 6.07 Å². The molecule has 2 N–H and O–H groups in total. The van der Waals surface area contributed by atoms with Crippen molar-refractivity contribution in [2.24, 2.45) is 5.41 Å². The Balaban J connectivity index is 2.72. The van der Waals surface area contributed by atoms with Gasteiger partial charge < -0.3 is 10.2 Å². The van der Waals surface area contributed by atoms with Gasteiger partial charge in [-0.15, -0.1) is 0 Å². The molecular weight excluding hydrogens is 224 g/mol. The summed E-state index contributed by atoms with van der Waals surface area (Å²) in [4.78, 5) is 0. The number of rotatable bonds is 3. The lowest BCUT2D eigenvalue weighted by atomic mass is 9.84. The summed E-state index contributed by atoms with van der Waals surface area (Å²) in [5.41, 5.74) is 0.528. The number of aliphatic hydroxyl groups excluding tert-OH is 2. The molecular formula is C13H19ClO2. The Kier molecular flexibility index (Phi) is 4.36. The second-order valence-corrected chi connectivity index (χ2v) is 5.58. The van der Waals surface area contributed by atoms with Crippen molar-refractivity contribution in [3.8, 4) is 0 Å². The summed E-state index contributed by atoms with van der Waals surface area (Å²) >= 11 is 5.99. The summed E-state index contributed by atoms with van der Waals surface area (Å²) < 4.78 is 0. The van der Waals surface area contributed by atoms with Crippen LogP contribution in [-0.4, -0.2) is 22.4 Å². The summed E-state index contributed by atoms with van der Waals surface area (Å²) in [7, 11) is 0. The van der Waals surface area contributed by atoms with Gasteiger partial charge in [0.1, 0.15) is 0 Å². The van der Waals surface area contributed by atoms with Crippen LogP contribution in [0.5, 0.6) is 0 Å². The molecule has 0 radical (unpaired) electrons. The lowest BCUT2D eigenvalue weighted by Gasteiger charge is -2.30. The largest absolute Gasteiger partial charge is 0.390 e. The van der Waals surface area contributed by atoms with Crippen LogP contribution in [0.25, 0.3) is 0 Å². The van der Waals surface area contributed by atoms with Crippen molar-refractivity contribution >= 4 is 11.6 Å². The first kappa shape index (κ1) is 13.5. The number of hydrogen-bond donors (Lipinski definition) is 2. The van der Waals surface area contributed by atoms with Gasteiger partial charge in [0.2, 0.25) is 0 Å². The molecule has 2 unspecified atom stereocenters. The van der Waals surface area contributed by atoms with Gasteiger partial charge in [-0.2, -0.15) is 0 Å². The Morgan fingerprint density at radius 3 is 2.25 bits per heavy atom. The first-order valence-corrected chi connectivity index (χ1v) is 5.79. The average Bonchev–Trinajstić information content (AvgIpc) is 2.19. The zero-order valence-electron chi connectivity index (χ0n) is 9.94. The molecule has 0 aliphatic carbocycles. The molecule has 0 saturated heterocycles. The van der Waals surface area contributed by atoms with E-state index in [-0.39, 0.29) is 5.41 Å². The predicted molar refractivity (Wildman–Crippen MR) is 66.6 cm³/mol. The monoisotopic (exact) mass is 242 g/mol. The van der Waals surface area contributed by atoms with E-state index in [0.717, 1.165) is 5.56 Å². The smallest absolute Gasteiger partial charge is 0.0850 e. The molecule has 16 heavy (non-hydrogen) atoms. The molecule has 1 aromatic carbocycles. The molecule has 0 aromatic heterocycles. The SMILES string of the molecule is CC(C)(C)C(O)C(O)Cc1ccccc1Cl. The molecule has 0 aliphatic rings. The molecule has 0 heterocycles. The summed E-state index contributed by atoms with van der Waals surface area (Å²) in [6.45, 7) is 5.69. The molecule has 1 rings (SSSR count). The minimum Gasteiger partial charge on any atom is -0.390 e. The fourth-order valence-corrected chi connectivity index (χ4v) is 1.79. The summed E-state index contributed by atoms with van der Waals surface area (Å²) in [5, 5.41) is 20.5.